The summed E-state index contributed by atoms with van der Waals surface area (Å²) in [5, 5.41) is 4.54. The summed E-state index contributed by atoms with van der Waals surface area (Å²) in [6.07, 6.45) is 8.15. The minimum Gasteiger partial charge on any atom is -0.486 e. The normalized spacial score (nSPS) is 20.0. The zero-order valence-electron chi connectivity index (χ0n) is 9.33. The second kappa shape index (κ2) is 5.84. The van der Waals surface area contributed by atoms with Gasteiger partial charge in [-0.15, -0.1) is 11.3 Å². The highest BCUT2D eigenvalue weighted by Gasteiger charge is 2.11. The van der Waals surface area contributed by atoms with Crippen LogP contribution in [0, 0.1) is 0 Å². The van der Waals surface area contributed by atoms with Gasteiger partial charge in [0.1, 0.15) is 0 Å². The maximum atomic E-state index is 5.25. The van der Waals surface area contributed by atoms with Gasteiger partial charge in [0.05, 0.1) is 11.6 Å². The van der Waals surface area contributed by atoms with Gasteiger partial charge in [-0.05, 0) is 41.3 Å². The van der Waals surface area contributed by atoms with Gasteiger partial charge in [0.2, 0.25) is 0 Å². The number of nitrogens with one attached hydrogen (secondary N) is 1. The number of halogens is 1. The molecule has 1 heterocycles. The molecule has 16 heavy (non-hydrogen) atoms. The summed E-state index contributed by atoms with van der Waals surface area (Å²) in [4.78, 5) is 1.32. The number of hydrogen-bond acceptors (Lipinski definition) is 3. The Labute approximate surface area is 109 Å². The third-order valence-electron chi connectivity index (χ3n) is 2.73. The van der Waals surface area contributed by atoms with Crippen LogP contribution in [-0.2, 0) is 6.54 Å². The molecule has 0 saturated heterocycles. The molecule has 0 aliphatic heterocycles. The number of thiophene rings is 1. The van der Waals surface area contributed by atoms with Gasteiger partial charge < -0.3 is 10.1 Å². The Hall–Kier alpha value is -0.320. The quantitative estimate of drug-likeness (QED) is 0.856. The van der Waals surface area contributed by atoms with Crippen LogP contribution in [0.2, 0.25) is 0 Å². The summed E-state index contributed by atoms with van der Waals surface area (Å²) < 4.78 is 6.31. The fourth-order valence-corrected chi connectivity index (χ4v) is 3.49. The van der Waals surface area contributed by atoms with Crippen LogP contribution in [0.3, 0.4) is 0 Å². The monoisotopic (exact) mass is 301 g/mol. The van der Waals surface area contributed by atoms with Gasteiger partial charge in [-0.3, -0.25) is 0 Å². The third kappa shape index (κ3) is 3.09. The lowest BCUT2D eigenvalue weighted by Gasteiger charge is -2.18. The van der Waals surface area contributed by atoms with E-state index in [4.69, 9.17) is 4.74 Å². The Morgan fingerprint density at radius 3 is 3.06 bits per heavy atom. The summed E-state index contributed by atoms with van der Waals surface area (Å²) in [7, 11) is 1.71. The first-order valence-electron chi connectivity index (χ1n) is 5.50. The molecule has 1 aliphatic carbocycles. The molecule has 1 aliphatic rings. The smallest absolute Gasteiger partial charge is 0.188 e. The van der Waals surface area contributed by atoms with E-state index in [0.717, 1.165) is 22.5 Å². The molecule has 1 aromatic rings. The second-order valence-corrected chi connectivity index (χ2v) is 5.87. The van der Waals surface area contributed by atoms with Crippen LogP contribution in [0.4, 0.5) is 0 Å². The van der Waals surface area contributed by atoms with Crippen molar-refractivity contribution in [2.75, 3.05) is 7.11 Å². The molecule has 1 N–H and O–H groups in total. The van der Waals surface area contributed by atoms with Crippen molar-refractivity contribution in [3.8, 4) is 5.06 Å². The highest BCUT2D eigenvalue weighted by Crippen LogP contribution is 2.34. The van der Waals surface area contributed by atoms with Crippen molar-refractivity contribution in [2.24, 2.45) is 0 Å². The highest BCUT2D eigenvalue weighted by molar-refractivity contribution is 9.10. The Morgan fingerprint density at radius 2 is 2.44 bits per heavy atom. The van der Waals surface area contributed by atoms with E-state index in [1.54, 1.807) is 18.4 Å². The van der Waals surface area contributed by atoms with Gasteiger partial charge in [0.15, 0.2) is 5.06 Å². The van der Waals surface area contributed by atoms with E-state index < -0.39 is 0 Å². The maximum absolute atomic E-state index is 5.25. The molecule has 0 saturated carbocycles. The van der Waals surface area contributed by atoms with Gasteiger partial charge in [0, 0.05) is 17.5 Å². The summed E-state index contributed by atoms with van der Waals surface area (Å²) in [6.45, 7) is 0.936. The van der Waals surface area contributed by atoms with Crippen LogP contribution >= 0.6 is 27.3 Å². The molecule has 0 amide bonds. The van der Waals surface area contributed by atoms with Crippen LogP contribution < -0.4 is 10.1 Å². The van der Waals surface area contributed by atoms with E-state index in [1.807, 2.05) is 0 Å². The maximum Gasteiger partial charge on any atom is 0.188 e. The summed E-state index contributed by atoms with van der Waals surface area (Å²) in [5.41, 5.74) is 0. The van der Waals surface area contributed by atoms with Crippen LogP contribution in [0.5, 0.6) is 5.06 Å². The van der Waals surface area contributed by atoms with Gasteiger partial charge in [-0.25, -0.2) is 0 Å². The molecule has 2 nitrogen and oxygen atoms in total. The van der Waals surface area contributed by atoms with Crippen LogP contribution in [0.15, 0.2) is 22.7 Å². The van der Waals surface area contributed by atoms with E-state index in [-0.39, 0.29) is 0 Å². The van der Waals surface area contributed by atoms with Crippen molar-refractivity contribution in [1.29, 1.82) is 0 Å². The number of hydrogen-bond donors (Lipinski definition) is 1. The molecule has 4 heteroatoms. The number of rotatable bonds is 4. The van der Waals surface area contributed by atoms with Gasteiger partial charge in [-0.2, -0.15) is 0 Å². The molecule has 0 bridgehead atoms. The Balaban J connectivity index is 1.86. The average Bonchev–Trinajstić information content (AvgIpc) is 2.69. The van der Waals surface area contributed by atoms with E-state index in [2.05, 4.69) is 39.5 Å². The zero-order chi connectivity index (χ0) is 11.4. The zero-order valence-corrected chi connectivity index (χ0v) is 11.7. The topological polar surface area (TPSA) is 21.3 Å². The number of allylic oxidation sites excluding steroid dienone is 1. The first-order valence-corrected chi connectivity index (χ1v) is 7.11. The Morgan fingerprint density at radius 1 is 1.56 bits per heavy atom. The largest absolute Gasteiger partial charge is 0.486 e. The van der Waals surface area contributed by atoms with E-state index >= 15 is 0 Å². The van der Waals surface area contributed by atoms with Crippen molar-refractivity contribution in [1.82, 2.24) is 5.32 Å². The van der Waals surface area contributed by atoms with Crippen LogP contribution in [0.25, 0.3) is 0 Å². The van der Waals surface area contributed by atoms with E-state index in [9.17, 15) is 0 Å². The van der Waals surface area contributed by atoms with Crippen molar-refractivity contribution in [3.05, 3.63) is 27.6 Å². The molecule has 88 valence electrons. The van der Waals surface area contributed by atoms with Gasteiger partial charge in [-0.1, -0.05) is 12.2 Å². The van der Waals surface area contributed by atoms with Crippen molar-refractivity contribution in [2.45, 2.75) is 31.8 Å². The lowest BCUT2D eigenvalue weighted by molar-refractivity contribution is 0.425. The van der Waals surface area contributed by atoms with Crippen molar-refractivity contribution >= 4 is 27.3 Å². The molecular formula is C12H16BrNOS. The molecule has 0 fully saturated rings. The molecular weight excluding hydrogens is 286 g/mol. The summed E-state index contributed by atoms with van der Waals surface area (Å²) >= 11 is 5.19. The van der Waals surface area contributed by atoms with E-state index in [0.29, 0.717) is 6.04 Å². The summed E-state index contributed by atoms with van der Waals surface area (Å²) in [6, 6.07) is 2.77. The molecule has 0 spiro atoms. The minimum atomic E-state index is 0.636. The first kappa shape index (κ1) is 12.1. The van der Waals surface area contributed by atoms with Crippen molar-refractivity contribution in [3.63, 3.8) is 0 Å². The molecule has 0 aromatic carbocycles. The highest BCUT2D eigenvalue weighted by atomic mass is 79.9. The minimum absolute atomic E-state index is 0.636. The number of ether oxygens (including phenoxy) is 1. The molecule has 0 radical (unpaired) electrons. The van der Waals surface area contributed by atoms with E-state index in [1.165, 1.54) is 17.7 Å². The van der Waals surface area contributed by atoms with Crippen LogP contribution in [-0.4, -0.2) is 13.2 Å². The average molecular weight is 302 g/mol. The Kier molecular flexibility index (Phi) is 4.44. The lowest BCUT2D eigenvalue weighted by atomic mass is 10.0. The fourth-order valence-electron chi connectivity index (χ4n) is 1.85. The van der Waals surface area contributed by atoms with Gasteiger partial charge in [0.25, 0.3) is 0 Å². The fraction of sp³-hybridized carbons (Fsp3) is 0.500. The summed E-state index contributed by atoms with van der Waals surface area (Å²) in [5.74, 6) is 0. The number of methoxy groups -OCH3 is 1. The molecule has 1 atom stereocenters. The molecule has 1 aromatic heterocycles. The standard InChI is InChI=1S/C12H16BrNOS/c1-15-12-11(13)7-10(16-12)8-14-9-5-3-2-4-6-9/h2-3,7,9,14H,4-6,8H2,1H3. The third-order valence-corrected chi connectivity index (χ3v) is 4.67. The first-order chi connectivity index (χ1) is 7.79. The molecule has 1 unspecified atom stereocenters. The molecule has 2 rings (SSSR count). The lowest BCUT2D eigenvalue weighted by Crippen LogP contribution is -2.28. The van der Waals surface area contributed by atoms with Crippen molar-refractivity contribution < 1.29 is 4.74 Å². The van der Waals surface area contributed by atoms with Gasteiger partial charge >= 0.3 is 0 Å². The second-order valence-electron chi connectivity index (χ2n) is 3.91. The predicted molar refractivity (Wildman–Crippen MR) is 72.2 cm³/mol. The SMILES string of the molecule is COc1sc(CNC2CC=CCC2)cc1Br. The Bertz CT molecular complexity index is 375. The predicted octanol–water partition coefficient (Wildman–Crippen LogP) is 3.72. The van der Waals surface area contributed by atoms with Crippen LogP contribution in [0.1, 0.15) is 24.1 Å².